The first-order valence-electron chi connectivity index (χ1n) is 10.3. The lowest BCUT2D eigenvalue weighted by Gasteiger charge is -2.24. The number of anilines is 2. The van der Waals surface area contributed by atoms with Crippen LogP contribution in [0.3, 0.4) is 0 Å². The molecular weight excluding hydrogens is 430 g/mol. The third-order valence-corrected chi connectivity index (χ3v) is 4.90. The Morgan fingerprint density at radius 2 is 2.00 bits per heavy atom. The minimum Gasteiger partial charge on any atom is -0.484 e. The van der Waals surface area contributed by atoms with Gasteiger partial charge in [0.1, 0.15) is 17.3 Å². The normalized spacial score (nSPS) is 10.7. The summed E-state index contributed by atoms with van der Waals surface area (Å²) in [5.74, 6) is -0.752. The predicted molar refractivity (Wildman–Crippen MR) is 121 cm³/mol. The Bertz CT molecular complexity index is 1240. The van der Waals surface area contributed by atoms with Crippen molar-refractivity contribution in [3.63, 3.8) is 0 Å². The zero-order valence-electron chi connectivity index (χ0n) is 18.1. The highest BCUT2D eigenvalue weighted by molar-refractivity contribution is 5.96. The minimum absolute atomic E-state index is 0.115. The number of aromatic nitrogens is 2. The molecule has 3 aromatic rings. The molecule has 0 fully saturated rings. The van der Waals surface area contributed by atoms with Crippen LogP contribution in [0.25, 0.3) is 0 Å². The van der Waals surface area contributed by atoms with E-state index < -0.39 is 29.7 Å². The second kappa shape index (κ2) is 10.4. The molecule has 5 N–H and O–H groups in total. The number of nitrogens with two attached hydrogens (primary N) is 2. The van der Waals surface area contributed by atoms with Gasteiger partial charge in [-0.25, -0.2) is 4.79 Å². The summed E-state index contributed by atoms with van der Waals surface area (Å²) in [6, 6.07) is 9.31. The van der Waals surface area contributed by atoms with Gasteiger partial charge in [-0.2, -0.15) is 0 Å². The summed E-state index contributed by atoms with van der Waals surface area (Å²) in [5, 5.41) is 0. The number of primary amides is 1. The quantitative estimate of drug-likeness (QED) is 0.413. The van der Waals surface area contributed by atoms with Gasteiger partial charge in [0.2, 0.25) is 5.91 Å². The van der Waals surface area contributed by atoms with Crippen LogP contribution < -0.4 is 32.4 Å². The molecule has 33 heavy (non-hydrogen) atoms. The fraction of sp³-hybridized carbons (Fsp3) is 0.273. The van der Waals surface area contributed by atoms with Gasteiger partial charge in [0.15, 0.2) is 12.3 Å². The van der Waals surface area contributed by atoms with E-state index >= 15 is 0 Å². The molecule has 2 aromatic heterocycles. The van der Waals surface area contributed by atoms with E-state index in [1.165, 1.54) is 23.0 Å². The molecule has 1 aromatic carbocycles. The number of amides is 2. The lowest BCUT2D eigenvalue weighted by Crippen LogP contribution is -2.42. The van der Waals surface area contributed by atoms with Crippen LogP contribution in [0.2, 0.25) is 0 Å². The monoisotopic (exact) mass is 455 g/mol. The molecular formula is C22H25N5O6. The number of ether oxygens (including phenoxy) is 1. The molecule has 0 unspecified atom stereocenters. The van der Waals surface area contributed by atoms with Gasteiger partial charge in [-0.15, -0.1) is 0 Å². The lowest BCUT2D eigenvalue weighted by atomic mass is 10.2. The molecule has 0 aliphatic carbocycles. The lowest BCUT2D eigenvalue weighted by molar-refractivity contribution is -0.120. The van der Waals surface area contributed by atoms with Crippen LogP contribution in [0, 0.1) is 0 Å². The topological polar surface area (TPSA) is 167 Å². The van der Waals surface area contributed by atoms with Crippen molar-refractivity contribution >= 4 is 23.3 Å². The third kappa shape index (κ3) is 5.50. The number of nitrogens with one attached hydrogen (secondary N) is 1. The van der Waals surface area contributed by atoms with E-state index in [-0.39, 0.29) is 35.9 Å². The fourth-order valence-corrected chi connectivity index (χ4v) is 3.19. The van der Waals surface area contributed by atoms with Gasteiger partial charge >= 0.3 is 5.69 Å². The van der Waals surface area contributed by atoms with Gasteiger partial charge in [-0.05, 0) is 36.8 Å². The summed E-state index contributed by atoms with van der Waals surface area (Å²) in [6.07, 6.45) is 2.88. The molecule has 0 atom stereocenters. The van der Waals surface area contributed by atoms with Gasteiger partial charge in [0, 0.05) is 12.1 Å². The first-order chi connectivity index (χ1) is 15.8. The molecule has 0 saturated carbocycles. The SMILES string of the molecule is CCCCn1c(N)c(N(Cc2ccco2)C(=O)COc2cccc(C(N)=O)c2)c(=O)[nH]c1=O. The van der Waals surface area contributed by atoms with Gasteiger partial charge < -0.3 is 20.6 Å². The molecule has 0 saturated heterocycles. The molecule has 0 aliphatic rings. The van der Waals surface area contributed by atoms with Crippen LogP contribution in [0.5, 0.6) is 5.75 Å². The Balaban J connectivity index is 1.94. The Kier molecular flexibility index (Phi) is 7.34. The van der Waals surface area contributed by atoms with Crippen molar-refractivity contribution in [2.45, 2.75) is 32.9 Å². The van der Waals surface area contributed by atoms with E-state index in [0.717, 1.165) is 11.3 Å². The number of carbonyl (C=O) groups excluding carboxylic acids is 2. The first kappa shape index (κ1) is 23.4. The summed E-state index contributed by atoms with van der Waals surface area (Å²) in [6.45, 7) is 1.64. The summed E-state index contributed by atoms with van der Waals surface area (Å²) < 4.78 is 12.1. The van der Waals surface area contributed by atoms with Crippen molar-refractivity contribution in [2.24, 2.45) is 5.73 Å². The second-order valence-electron chi connectivity index (χ2n) is 7.24. The van der Waals surface area contributed by atoms with Gasteiger partial charge in [0.25, 0.3) is 11.5 Å². The number of rotatable bonds is 10. The van der Waals surface area contributed by atoms with Gasteiger partial charge in [0.05, 0.1) is 12.8 Å². The van der Waals surface area contributed by atoms with Crippen molar-refractivity contribution in [1.82, 2.24) is 9.55 Å². The number of furan rings is 1. The van der Waals surface area contributed by atoms with E-state index in [0.29, 0.717) is 12.2 Å². The summed E-state index contributed by atoms with van der Waals surface area (Å²) >= 11 is 0. The first-order valence-corrected chi connectivity index (χ1v) is 10.3. The molecule has 0 bridgehead atoms. The number of unbranched alkanes of at least 4 members (excludes halogenated alkanes) is 1. The average molecular weight is 455 g/mol. The molecule has 0 aliphatic heterocycles. The van der Waals surface area contributed by atoms with Crippen LogP contribution >= 0.6 is 0 Å². The van der Waals surface area contributed by atoms with Crippen LogP contribution in [0.15, 0.2) is 56.7 Å². The minimum atomic E-state index is -0.805. The highest BCUT2D eigenvalue weighted by Gasteiger charge is 2.26. The molecule has 3 rings (SSSR count). The number of H-pyrrole nitrogens is 1. The second-order valence-corrected chi connectivity index (χ2v) is 7.24. The van der Waals surface area contributed by atoms with Crippen molar-refractivity contribution in [2.75, 3.05) is 17.2 Å². The number of carbonyl (C=O) groups is 2. The molecule has 11 nitrogen and oxygen atoms in total. The van der Waals surface area contributed by atoms with Crippen molar-refractivity contribution in [1.29, 1.82) is 0 Å². The fourth-order valence-electron chi connectivity index (χ4n) is 3.19. The molecule has 11 heteroatoms. The van der Waals surface area contributed by atoms with Gasteiger partial charge in [-0.1, -0.05) is 19.4 Å². The number of hydrogen-bond acceptors (Lipinski definition) is 7. The van der Waals surface area contributed by atoms with Crippen LogP contribution in [0.1, 0.15) is 35.9 Å². The Hall–Kier alpha value is -4.28. The summed E-state index contributed by atoms with van der Waals surface area (Å²) in [4.78, 5) is 52.8. The maximum Gasteiger partial charge on any atom is 0.330 e. The Morgan fingerprint density at radius 3 is 2.67 bits per heavy atom. The maximum atomic E-state index is 13.1. The summed E-state index contributed by atoms with van der Waals surface area (Å²) in [5.41, 5.74) is 10.0. The molecule has 0 radical (unpaired) electrons. The number of nitrogen functional groups attached to an aromatic ring is 1. The average Bonchev–Trinajstić information content (AvgIpc) is 3.30. The van der Waals surface area contributed by atoms with E-state index in [2.05, 4.69) is 4.98 Å². The third-order valence-electron chi connectivity index (χ3n) is 4.90. The van der Waals surface area contributed by atoms with E-state index in [1.807, 2.05) is 6.92 Å². The van der Waals surface area contributed by atoms with Crippen molar-refractivity contribution in [3.05, 3.63) is 74.8 Å². The van der Waals surface area contributed by atoms with Crippen molar-refractivity contribution in [3.8, 4) is 5.75 Å². The van der Waals surface area contributed by atoms with Gasteiger partial charge in [-0.3, -0.25) is 28.8 Å². The number of hydrogen-bond donors (Lipinski definition) is 3. The predicted octanol–water partition coefficient (Wildman–Crippen LogP) is 1.22. The van der Waals surface area contributed by atoms with Crippen LogP contribution in [-0.4, -0.2) is 28.0 Å². The number of aromatic amines is 1. The molecule has 0 spiro atoms. The highest BCUT2D eigenvalue weighted by Crippen LogP contribution is 2.21. The van der Waals surface area contributed by atoms with Crippen LogP contribution in [0.4, 0.5) is 11.5 Å². The standard InChI is InChI=1S/C22H25N5O6/c1-2-3-9-26-19(23)18(21(30)25-22(26)31)27(12-16-8-5-10-32-16)17(28)13-33-15-7-4-6-14(11-15)20(24)29/h4-8,10-11H,2-3,9,12-13,23H2,1H3,(H2,24,29)(H,25,30,31). The zero-order chi connectivity index (χ0) is 24.0. The molecule has 2 heterocycles. The van der Waals surface area contributed by atoms with E-state index in [9.17, 15) is 19.2 Å². The number of nitrogens with zero attached hydrogens (tertiary/aromatic N) is 2. The zero-order valence-corrected chi connectivity index (χ0v) is 18.1. The number of benzene rings is 1. The maximum absolute atomic E-state index is 13.1. The van der Waals surface area contributed by atoms with E-state index in [1.54, 1.807) is 24.3 Å². The van der Waals surface area contributed by atoms with Crippen molar-refractivity contribution < 1.29 is 18.7 Å². The smallest absolute Gasteiger partial charge is 0.330 e. The molecule has 2 amide bonds. The largest absolute Gasteiger partial charge is 0.484 e. The van der Waals surface area contributed by atoms with Crippen LogP contribution in [-0.2, 0) is 17.9 Å². The summed E-state index contributed by atoms with van der Waals surface area (Å²) in [7, 11) is 0. The highest BCUT2D eigenvalue weighted by atomic mass is 16.5. The molecule has 174 valence electrons. The van der Waals surface area contributed by atoms with E-state index in [4.69, 9.17) is 20.6 Å². The Labute approximate surface area is 188 Å². The Morgan fingerprint density at radius 1 is 1.21 bits per heavy atom.